The summed E-state index contributed by atoms with van der Waals surface area (Å²) in [5.41, 5.74) is -0.0386. The number of rotatable bonds is 2. The molecule has 1 aliphatic rings. The lowest BCUT2D eigenvalue weighted by Crippen LogP contribution is -2.33. The van der Waals surface area contributed by atoms with Crippen LogP contribution in [0, 0.1) is 11.6 Å². The molecule has 1 heterocycles. The summed E-state index contributed by atoms with van der Waals surface area (Å²) in [5.74, 6) is -1.23. The van der Waals surface area contributed by atoms with E-state index in [9.17, 15) is 13.6 Å². The SMILES string of the molecule is O=C1CCCCCCN1Cc1c(F)ccc(Br)c1F. The van der Waals surface area contributed by atoms with E-state index in [2.05, 4.69) is 15.9 Å². The van der Waals surface area contributed by atoms with Crippen molar-refractivity contribution in [2.24, 2.45) is 0 Å². The summed E-state index contributed by atoms with van der Waals surface area (Å²) < 4.78 is 27.8. The van der Waals surface area contributed by atoms with E-state index >= 15 is 0 Å². The number of carbonyl (C=O) groups excluding carboxylic acids is 1. The van der Waals surface area contributed by atoms with Crippen LogP contribution >= 0.6 is 15.9 Å². The van der Waals surface area contributed by atoms with Gasteiger partial charge in [-0.2, -0.15) is 0 Å². The van der Waals surface area contributed by atoms with Crippen molar-refractivity contribution in [3.8, 4) is 0 Å². The van der Waals surface area contributed by atoms with Gasteiger partial charge in [0.2, 0.25) is 5.91 Å². The zero-order chi connectivity index (χ0) is 13.8. The van der Waals surface area contributed by atoms with Gasteiger partial charge in [0.1, 0.15) is 11.6 Å². The third-order valence-corrected chi connectivity index (χ3v) is 4.02. The summed E-state index contributed by atoms with van der Waals surface area (Å²) in [4.78, 5) is 13.5. The molecule has 19 heavy (non-hydrogen) atoms. The summed E-state index contributed by atoms with van der Waals surface area (Å²) in [6, 6.07) is 2.56. The van der Waals surface area contributed by atoms with Crippen molar-refractivity contribution in [3.05, 3.63) is 33.8 Å². The molecule has 5 heteroatoms. The molecule has 1 saturated heterocycles. The highest BCUT2D eigenvalue weighted by Gasteiger charge is 2.20. The molecule has 104 valence electrons. The molecule has 0 N–H and O–H groups in total. The Morgan fingerprint density at radius 1 is 1.16 bits per heavy atom. The Hall–Kier alpha value is -0.970. The number of benzene rings is 1. The van der Waals surface area contributed by atoms with Crippen LogP contribution in [0.15, 0.2) is 16.6 Å². The molecule has 0 aliphatic carbocycles. The number of hydrogen-bond acceptors (Lipinski definition) is 1. The van der Waals surface area contributed by atoms with Gasteiger partial charge in [-0.25, -0.2) is 8.78 Å². The highest BCUT2D eigenvalue weighted by atomic mass is 79.9. The zero-order valence-electron chi connectivity index (χ0n) is 10.6. The maximum Gasteiger partial charge on any atom is 0.222 e. The van der Waals surface area contributed by atoms with Gasteiger partial charge in [-0.3, -0.25) is 4.79 Å². The summed E-state index contributed by atoms with van der Waals surface area (Å²) in [6.45, 7) is 0.583. The molecule has 1 aromatic carbocycles. The molecule has 0 saturated carbocycles. The van der Waals surface area contributed by atoms with E-state index in [1.54, 1.807) is 4.90 Å². The molecule has 1 aromatic rings. The van der Waals surface area contributed by atoms with Gasteiger partial charge in [0.05, 0.1) is 11.0 Å². The molecule has 0 aromatic heterocycles. The van der Waals surface area contributed by atoms with E-state index in [-0.39, 0.29) is 22.5 Å². The Morgan fingerprint density at radius 2 is 1.89 bits per heavy atom. The van der Waals surface area contributed by atoms with Gasteiger partial charge >= 0.3 is 0 Å². The van der Waals surface area contributed by atoms with Gasteiger partial charge in [0.25, 0.3) is 0 Å². The minimum absolute atomic E-state index is 0.00986. The molecular formula is C14H16BrF2NO. The van der Waals surface area contributed by atoms with Crippen LogP contribution in [-0.2, 0) is 11.3 Å². The summed E-state index contributed by atoms with van der Waals surface area (Å²) in [7, 11) is 0. The van der Waals surface area contributed by atoms with Crippen molar-refractivity contribution >= 4 is 21.8 Å². The minimum atomic E-state index is -0.616. The summed E-state index contributed by atoms with van der Waals surface area (Å²) in [6.07, 6.45) is 4.34. The molecule has 1 fully saturated rings. The molecule has 2 nitrogen and oxygen atoms in total. The van der Waals surface area contributed by atoms with Crippen LogP contribution in [0.2, 0.25) is 0 Å². The lowest BCUT2D eigenvalue weighted by atomic mass is 10.1. The summed E-state index contributed by atoms with van der Waals surface area (Å²) in [5, 5.41) is 0. The Labute approximate surface area is 119 Å². The van der Waals surface area contributed by atoms with Crippen molar-refractivity contribution in [2.75, 3.05) is 6.54 Å². The number of hydrogen-bond donors (Lipinski definition) is 0. The highest BCUT2D eigenvalue weighted by molar-refractivity contribution is 9.10. The van der Waals surface area contributed by atoms with Gasteiger partial charge < -0.3 is 4.90 Å². The predicted octanol–water partition coefficient (Wildman–Crippen LogP) is 4.02. The van der Waals surface area contributed by atoms with Gasteiger partial charge in [-0.15, -0.1) is 0 Å². The fourth-order valence-electron chi connectivity index (χ4n) is 2.29. The zero-order valence-corrected chi connectivity index (χ0v) is 12.2. The van der Waals surface area contributed by atoms with Crippen molar-refractivity contribution < 1.29 is 13.6 Å². The fourth-order valence-corrected chi connectivity index (χ4v) is 2.66. The van der Waals surface area contributed by atoms with Crippen LogP contribution in [0.5, 0.6) is 0 Å². The van der Waals surface area contributed by atoms with Gasteiger partial charge in [-0.05, 0) is 40.9 Å². The fraction of sp³-hybridized carbons (Fsp3) is 0.500. The number of nitrogens with zero attached hydrogens (tertiary/aromatic N) is 1. The first kappa shape index (κ1) is 14.4. The van der Waals surface area contributed by atoms with Crippen molar-refractivity contribution in [3.63, 3.8) is 0 Å². The molecule has 0 unspecified atom stereocenters. The molecule has 2 rings (SSSR count). The van der Waals surface area contributed by atoms with Crippen molar-refractivity contribution in [2.45, 2.75) is 38.6 Å². The van der Waals surface area contributed by atoms with Crippen molar-refractivity contribution in [1.82, 2.24) is 4.90 Å². The van der Waals surface area contributed by atoms with Gasteiger partial charge in [-0.1, -0.05) is 12.8 Å². The second-order valence-electron chi connectivity index (χ2n) is 4.80. The molecule has 1 amide bonds. The normalized spacial score (nSPS) is 17.2. The van der Waals surface area contributed by atoms with Crippen LogP contribution in [0.25, 0.3) is 0 Å². The number of amides is 1. The Balaban J connectivity index is 2.19. The molecule has 1 aliphatic heterocycles. The maximum absolute atomic E-state index is 13.9. The maximum atomic E-state index is 13.9. The van der Waals surface area contributed by atoms with E-state index < -0.39 is 11.6 Å². The highest BCUT2D eigenvalue weighted by Crippen LogP contribution is 2.24. The monoisotopic (exact) mass is 331 g/mol. The van der Waals surface area contributed by atoms with Gasteiger partial charge in [0, 0.05) is 18.5 Å². The average Bonchev–Trinajstić information content (AvgIpc) is 2.37. The Morgan fingerprint density at radius 3 is 2.68 bits per heavy atom. The molecule has 0 radical (unpaired) electrons. The number of likely N-dealkylation sites (tertiary alicyclic amines) is 1. The van der Waals surface area contributed by atoms with E-state index in [0.29, 0.717) is 13.0 Å². The first-order chi connectivity index (χ1) is 9.09. The quantitative estimate of drug-likeness (QED) is 0.749. The van der Waals surface area contributed by atoms with E-state index in [1.165, 1.54) is 12.1 Å². The summed E-state index contributed by atoms with van der Waals surface area (Å²) >= 11 is 3.04. The third kappa shape index (κ3) is 3.53. The largest absolute Gasteiger partial charge is 0.338 e. The van der Waals surface area contributed by atoms with E-state index in [4.69, 9.17) is 0 Å². The lowest BCUT2D eigenvalue weighted by molar-refractivity contribution is -0.132. The van der Waals surface area contributed by atoms with Crippen LogP contribution < -0.4 is 0 Å². The first-order valence-electron chi connectivity index (χ1n) is 6.49. The smallest absolute Gasteiger partial charge is 0.222 e. The lowest BCUT2D eigenvalue weighted by Gasteiger charge is -2.25. The molecule has 0 bridgehead atoms. The third-order valence-electron chi connectivity index (χ3n) is 3.41. The van der Waals surface area contributed by atoms with Crippen LogP contribution in [0.1, 0.15) is 37.7 Å². The standard InChI is InChI=1S/C14H16BrF2NO/c15-11-6-7-12(16)10(14(11)17)9-18-8-4-2-1-3-5-13(18)19/h6-7H,1-5,8-9H2. The second kappa shape index (κ2) is 6.46. The molecule has 0 atom stereocenters. The topological polar surface area (TPSA) is 20.3 Å². The second-order valence-corrected chi connectivity index (χ2v) is 5.66. The van der Waals surface area contributed by atoms with Crippen LogP contribution in [0.3, 0.4) is 0 Å². The Bertz CT molecular complexity index is 479. The van der Waals surface area contributed by atoms with Gasteiger partial charge in [0.15, 0.2) is 0 Å². The van der Waals surface area contributed by atoms with Crippen molar-refractivity contribution in [1.29, 1.82) is 0 Å². The number of carbonyl (C=O) groups is 1. The predicted molar refractivity (Wildman–Crippen MR) is 72.6 cm³/mol. The van der Waals surface area contributed by atoms with Crippen LogP contribution in [0.4, 0.5) is 8.78 Å². The molecule has 0 spiro atoms. The minimum Gasteiger partial charge on any atom is -0.338 e. The first-order valence-corrected chi connectivity index (χ1v) is 7.29. The average molecular weight is 332 g/mol. The number of halogens is 3. The molecular weight excluding hydrogens is 316 g/mol. The van der Waals surface area contributed by atoms with E-state index in [1.807, 2.05) is 0 Å². The van der Waals surface area contributed by atoms with Crippen LogP contribution in [-0.4, -0.2) is 17.4 Å². The Kier molecular flexibility index (Phi) is 4.91. The van der Waals surface area contributed by atoms with E-state index in [0.717, 1.165) is 25.7 Å².